The van der Waals surface area contributed by atoms with Crippen LogP contribution in [0.1, 0.15) is 46.1 Å². The first-order valence-electron chi connectivity index (χ1n) is 7.31. The van der Waals surface area contributed by atoms with Gasteiger partial charge in [-0.15, -0.1) is 11.3 Å². The maximum atomic E-state index is 12.8. The second kappa shape index (κ2) is 5.93. The third kappa shape index (κ3) is 2.31. The Kier molecular flexibility index (Phi) is 3.98. The molecule has 5 heteroatoms. The van der Waals surface area contributed by atoms with Crippen LogP contribution in [-0.4, -0.2) is 28.4 Å². The third-order valence-electron chi connectivity index (χ3n) is 4.00. The van der Waals surface area contributed by atoms with E-state index in [0.717, 1.165) is 11.3 Å². The number of nitrogens with zero attached hydrogens (tertiary/aromatic N) is 1. The molecule has 1 aliphatic heterocycles. The molecular formula is C17H17NO3S. The van der Waals surface area contributed by atoms with E-state index in [-0.39, 0.29) is 5.91 Å². The number of carboxylic acids is 1. The zero-order valence-corrected chi connectivity index (χ0v) is 13.0. The number of thiophene rings is 1. The van der Waals surface area contributed by atoms with Crippen LogP contribution in [0.25, 0.3) is 0 Å². The number of amides is 1. The molecule has 22 heavy (non-hydrogen) atoms. The molecule has 2 atom stereocenters. The summed E-state index contributed by atoms with van der Waals surface area (Å²) < 4.78 is 0. The zero-order chi connectivity index (χ0) is 15.7. The number of hydrogen-bond acceptors (Lipinski definition) is 3. The SMILES string of the molecule is CCCN1C(=O)c2ccccc2C(C(=O)O)C1c1cccs1. The van der Waals surface area contributed by atoms with Crippen LogP contribution in [0.4, 0.5) is 0 Å². The molecule has 0 radical (unpaired) electrons. The van der Waals surface area contributed by atoms with E-state index in [9.17, 15) is 14.7 Å². The molecule has 0 saturated heterocycles. The van der Waals surface area contributed by atoms with Crippen LogP contribution in [0.2, 0.25) is 0 Å². The summed E-state index contributed by atoms with van der Waals surface area (Å²) in [6.07, 6.45) is 0.794. The van der Waals surface area contributed by atoms with Crippen LogP contribution in [0.3, 0.4) is 0 Å². The van der Waals surface area contributed by atoms with Gasteiger partial charge in [0.25, 0.3) is 5.91 Å². The summed E-state index contributed by atoms with van der Waals surface area (Å²) in [5.41, 5.74) is 1.13. The molecule has 4 nitrogen and oxygen atoms in total. The number of carbonyl (C=O) groups excluding carboxylic acids is 1. The van der Waals surface area contributed by atoms with Crippen molar-refractivity contribution in [2.24, 2.45) is 0 Å². The van der Waals surface area contributed by atoms with Gasteiger partial charge < -0.3 is 10.0 Å². The van der Waals surface area contributed by atoms with Gasteiger partial charge in [-0.1, -0.05) is 31.2 Å². The maximum absolute atomic E-state index is 12.8. The highest BCUT2D eigenvalue weighted by molar-refractivity contribution is 7.10. The molecule has 1 amide bonds. The number of fused-ring (bicyclic) bond motifs is 1. The van der Waals surface area contributed by atoms with E-state index in [1.165, 1.54) is 11.3 Å². The van der Waals surface area contributed by atoms with Crippen molar-refractivity contribution in [1.82, 2.24) is 4.90 Å². The van der Waals surface area contributed by atoms with Crippen molar-refractivity contribution in [3.05, 3.63) is 57.8 Å². The molecule has 0 saturated carbocycles. The molecule has 2 aromatic rings. The smallest absolute Gasteiger partial charge is 0.313 e. The fraction of sp³-hybridized carbons (Fsp3) is 0.294. The highest BCUT2D eigenvalue weighted by atomic mass is 32.1. The van der Waals surface area contributed by atoms with Crippen LogP contribution in [0, 0.1) is 0 Å². The molecule has 2 heterocycles. The minimum Gasteiger partial charge on any atom is -0.481 e. The Morgan fingerprint density at radius 3 is 2.68 bits per heavy atom. The van der Waals surface area contributed by atoms with Gasteiger partial charge >= 0.3 is 5.97 Å². The normalized spacial score (nSPS) is 20.8. The van der Waals surface area contributed by atoms with Crippen LogP contribution in [-0.2, 0) is 4.79 Å². The van der Waals surface area contributed by atoms with Gasteiger partial charge in [-0.2, -0.15) is 0 Å². The van der Waals surface area contributed by atoms with Crippen molar-refractivity contribution in [2.75, 3.05) is 6.54 Å². The molecular weight excluding hydrogens is 298 g/mol. The van der Waals surface area contributed by atoms with Gasteiger partial charge in [0, 0.05) is 17.0 Å². The monoisotopic (exact) mass is 315 g/mol. The predicted molar refractivity (Wildman–Crippen MR) is 85.2 cm³/mol. The molecule has 1 N–H and O–H groups in total. The predicted octanol–water partition coefficient (Wildman–Crippen LogP) is 3.52. The van der Waals surface area contributed by atoms with E-state index >= 15 is 0 Å². The average Bonchev–Trinajstić information content (AvgIpc) is 3.03. The molecule has 1 aromatic carbocycles. The average molecular weight is 315 g/mol. The lowest BCUT2D eigenvalue weighted by molar-refractivity contribution is -0.140. The van der Waals surface area contributed by atoms with Gasteiger partial charge in [0.1, 0.15) is 5.92 Å². The van der Waals surface area contributed by atoms with Gasteiger partial charge in [-0.05, 0) is 29.5 Å². The Morgan fingerprint density at radius 2 is 2.05 bits per heavy atom. The third-order valence-corrected chi connectivity index (χ3v) is 4.95. The fourth-order valence-electron chi connectivity index (χ4n) is 3.12. The first-order chi connectivity index (χ1) is 10.6. The highest BCUT2D eigenvalue weighted by Gasteiger charge is 2.44. The second-order valence-electron chi connectivity index (χ2n) is 5.36. The van der Waals surface area contributed by atoms with Crippen molar-refractivity contribution in [3.63, 3.8) is 0 Å². The topological polar surface area (TPSA) is 57.6 Å². The van der Waals surface area contributed by atoms with E-state index in [0.29, 0.717) is 17.7 Å². The summed E-state index contributed by atoms with van der Waals surface area (Å²) >= 11 is 1.50. The lowest BCUT2D eigenvalue weighted by Crippen LogP contribution is -2.44. The Morgan fingerprint density at radius 1 is 1.27 bits per heavy atom. The van der Waals surface area contributed by atoms with Gasteiger partial charge in [-0.25, -0.2) is 0 Å². The van der Waals surface area contributed by atoms with E-state index in [1.807, 2.05) is 24.4 Å². The molecule has 1 aromatic heterocycles. The lowest BCUT2D eigenvalue weighted by Gasteiger charge is -2.40. The van der Waals surface area contributed by atoms with Crippen molar-refractivity contribution in [2.45, 2.75) is 25.3 Å². The zero-order valence-electron chi connectivity index (χ0n) is 12.2. The standard InChI is InChI=1S/C17H17NO3S/c1-2-9-18-15(13-8-5-10-22-13)14(17(20)21)11-6-3-4-7-12(11)16(18)19/h3-8,10,14-15H,2,9H2,1H3,(H,20,21). The summed E-state index contributed by atoms with van der Waals surface area (Å²) in [5.74, 6) is -1.69. The summed E-state index contributed by atoms with van der Waals surface area (Å²) in [7, 11) is 0. The second-order valence-corrected chi connectivity index (χ2v) is 6.34. The fourth-order valence-corrected chi connectivity index (χ4v) is 4.00. The number of benzene rings is 1. The van der Waals surface area contributed by atoms with Gasteiger partial charge in [0.15, 0.2) is 0 Å². The number of carboxylic acid groups (broad SMARTS) is 1. The quantitative estimate of drug-likeness (QED) is 0.939. The number of rotatable bonds is 4. The van der Waals surface area contributed by atoms with Gasteiger partial charge in [-0.3, -0.25) is 9.59 Å². The minimum absolute atomic E-state index is 0.0756. The Hall–Kier alpha value is -2.14. The van der Waals surface area contributed by atoms with Crippen LogP contribution >= 0.6 is 11.3 Å². The number of hydrogen-bond donors (Lipinski definition) is 1. The molecule has 0 fully saturated rings. The molecule has 0 bridgehead atoms. The van der Waals surface area contributed by atoms with Gasteiger partial charge in [0.2, 0.25) is 0 Å². The van der Waals surface area contributed by atoms with E-state index in [4.69, 9.17) is 0 Å². The number of aliphatic carboxylic acids is 1. The summed E-state index contributed by atoms with van der Waals surface area (Å²) in [6, 6.07) is 10.4. The van der Waals surface area contributed by atoms with E-state index in [2.05, 4.69) is 0 Å². The first-order valence-corrected chi connectivity index (χ1v) is 8.19. The summed E-state index contributed by atoms with van der Waals surface area (Å²) in [4.78, 5) is 27.4. The summed E-state index contributed by atoms with van der Waals surface area (Å²) in [5, 5.41) is 11.7. The lowest BCUT2D eigenvalue weighted by atomic mass is 9.82. The highest BCUT2D eigenvalue weighted by Crippen LogP contribution is 2.44. The van der Waals surface area contributed by atoms with E-state index in [1.54, 1.807) is 29.2 Å². The Balaban J connectivity index is 2.19. The molecule has 114 valence electrons. The largest absolute Gasteiger partial charge is 0.481 e. The van der Waals surface area contributed by atoms with Crippen LogP contribution in [0.15, 0.2) is 41.8 Å². The van der Waals surface area contributed by atoms with Gasteiger partial charge in [0.05, 0.1) is 6.04 Å². The maximum Gasteiger partial charge on any atom is 0.313 e. The van der Waals surface area contributed by atoms with Crippen molar-refractivity contribution in [3.8, 4) is 0 Å². The first kappa shape index (κ1) is 14.8. The van der Waals surface area contributed by atoms with E-state index < -0.39 is 17.9 Å². The van der Waals surface area contributed by atoms with Crippen LogP contribution < -0.4 is 0 Å². The van der Waals surface area contributed by atoms with Crippen LogP contribution in [0.5, 0.6) is 0 Å². The van der Waals surface area contributed by atoms with Crippen molar-refractivity contribution in [1.29, 1.82) is 0 Å². The molecule has 2 unspecified atom stereocenters. The molecule has 1 aliphatic rings. The van der Waals surface area contributed by atoms with Crippen molar-refractivity contribution < 1.29 is 14.7 Å². The Bertz CT molecular complexity index is 696. The molecule has 3 rings (SSSR count). The molecule has 0 spiro atoms. The summed E-state index contributed by atoms with van der Waals surface area (Å²) in [6.45, 7) is 2.55. The molecule has 0 aliphatic carbocycles. The van der Waals surface area contributed by atoms with Crippen molar-refractivity contribution >= 4 is 23.2 Å². The number of carbonyl (C=O) groups is 2. The minimum atomic E-state index is -0.889. The Labute approximate surface area is 133 Å².